The molecule has 0 saturated carbocycles. The second-order valence-electron chi connectivity index (χ2n) is 2.00. The molecule has 6 radical (unpaired) electrons. The lowest BCUT2D eigenvalue weighted by atomic mass is 10.6. The van der Waals surface area contributed by atoms with Gasteiger partial charge in [-0.3, -0.25) is 0 Å². The Morgan fingerprint density at radius 1 is 1.12 bits per heavy atom. The van der Waals surface area contributed by atoms with E-state index >= 15 is 0 Å². The van der Waals surface area contributed by atoms with Crippen LogP contribution in [0, 0.1) is 0 Å². The number of hydrogen-bond acceptors (Lipinski definition) is 0. The molecule has 0 aliphatic heterocycles. The van der Waals surface area contributed by atoms with Gasteiger partial charge < -0.3 is 0 Å². The molecule has 0 spiro atoms. The van der Waals surface area contributed by atoms with E-state index in [9.17, 15) is 0 Å². The highest BCUT2D eigenvalue weighted by Crippen LogP contribution is 2.24. The van der Waals surface area contributed by atoms with Crippen molar-refractivity contribution in [2.24, 2.45) is 0 Å². The van der Waals surface area contributed by atoms with Gasteiger partial charge in [-0.05, 0) is 37.6 Å². The van der Waals surface area contributed by atoms with E-state index in [-0.39, 0.29) is 0 Å². The molecule has 38 valence electrons. The van der Waals surface area contributed by atoms with Crippen molar-refractivity contribution in [2.45, 2.75) is 13.8 Å². The second kappa shape index (κ2) is 1.89. The molecule has 3 heteroatoms. The van der Waals surface area contributed by atoms with Crippen LogP contribution in [0.2, 0.25) is 0 Å². The third-order valence-corrected chi connectivity index (χ3v) is 4.25. The summed E-state index contributed by atoms with van der Waals surface area (Å²) in [5.41, 5.74) is 2.98. The van der Waals surface area contributed by atoms with E-state index in [1.54, 1.807) is 0 Å². The topological polar surface area (TPSA) is 0 Å². The van der Waals surface area contributed by atoms with Gasteiger partial charge in [-0.1, -0.05) is 0 Å². The summed E-state index contributed by atoms with van der Waals surface area (Å²) < 4.78 is 0. The minimum Gasteiger partial charge on any atom is -0.0480 e. The first-order chi connectivity index (χ1) is 3.64. The molecule has 8 heavy (non-hydrogen) atoms. The van der Waals surface area contributed by atoms with Gasteiger partial charge in [0.15, 0.2) is 0 Å². The molecule has 0 aromatic carbocycles. The first kappa shape index (κ1) is 6.38. The summed E-state index contributed by atoms with van der Waals surface area (Å²) in [6.45, 7) is 4.32. The quantitative estimate of drug-likeness (QED) is 0.424. The van der Waals surface area contributed by atoms with E-state index in [4.69, 9.17) is 0 Å². The second-order valence-corrected chi connectivity index (χ2v) is 7.75. The fraction of sp³-hybridized carbons (Fsp3) is 0.400. The van der Waals surface area contributed by atoms with Crippen molar-refractivity contribution in [2.75, 3.05) is 0 Å². The standard InChI is InChI=1S/C5H6Si3/c1-3-4(2)5(3)8(6)7/h1-2H3. The average molecular weight is 150 g/mol. The first-order valence-corrected chi connectivity index (χ1v) is 7.00. The number of allylic oxidation sites excluding steroid dienone is 2. The minimum absolute atomic E-state index is 0.484. The molecule has 1 aliphatic rings. The number of hydrogen-bond donors (Lipinski definition) is 0. The largest absolute Gasteiger partial charge is 0.0480 e. The lowest BCUT2D eigenvalue weighted by Gasteiger charge is -1.81. The van der Waals surface area contributed by atoms with E-state index in [0.29, 0.717) is 0 Å². The zero-order valence-electron chi connectivity index (χ0n) is 5.00. The van der Waals surface area contributed by atoms with Gasteiger partial charge in [0, 0.05) is 19.5 Å². The van der Waals surface area contributed by atoms with Crippen LogP contribution in [0.15, 0.2) is 11.1 Å². The zero-order chi connectivity index (χ0) is 6.31. The highest BCUT2D eigenvalue weighted by molar-refractivity contribution is 7.33. The summed E-state index contributed by atoms with van der Waals surface area (Å²) in [5, 5.41) is 1.53. The molecule has 0 aromatic rings. The third kappa shape index (κ3) is 0.852. The van der Waals surface area contributed by atoms with Crippen molar-refractivity contribution in [3.63, 3.8) is 0 Å². The molecular formula is C5H6Si3. The van der Waals surface area contributed by atoms with Crippen molar-refractivity contribution in [3.05, 3.63) is 11.1 Å². The third-order valence-electron chi connectivity index (χ3n) is 1.50. The molecular weight excluding hydrogens is 144 g/mol. The van der Waals surface area contributed by atoms with Crippen molar-refractivity contribution in [1.29, 1.82) is 0 Å². The van der Waals surface area contributed by atoms with Crippen LogP contribution in [0.1, 0.15) is 13.8 Å². The zero-order valence-corrected chi connectivity index (χ0v) is 8.00. The molecule has 0 fully saturated rings. The Kier molecular flexibility index (Phi) is 1.51. The molecule has 0 bridgehead atoms. The molecule has 0 heterocycles. The Bertz CT molecular complexity index is 161. The van der Waals surface area contributed by atoms with E-state index in [2.05, 4.69) is 33.4 Å². The van der Waals surface area contributed by atoms with E-state index in [1.807, 2.05) is 0 Å². The van der Waals surface area contributed by atoms with Gasteiger partial charge in [0.05, 0.1) is 0 Å². The highest BCUT2D eigenvalue weighted by atomic mass is 29.5. The van der Waals surface area contributed by atoms with Crippen LogP contribution in [0.3, 0.4) is 0 Å². The molecule has 0 amide bonds. The summed E-state index contributed by atoms with van der Waals surface area (Å²) >= 11 is 0. The van der Waals surface area contributed by atoms with Gasteiger partial charge in [-0.15, -0.1) is 0 Å². The van der Waals surface area contributed by atoms with Crippen LogP contribution in [-0.4, -0.2) is 32.1 Å². The molecule has 1 rings (SSSR count). The van der Waals surface area contributed by atoms with Crippen LogP contribution in [-0.2, 0) is 0 Å². The van der Waals surface area contributed by atoms with Crippen molar-refractivity contribution in [1.82, 2.24) is 0 Å². The van der Waals surface area contributed by atoms with Gasteiger partial charge in [0.1, 0.15) is 0 Å². The predicted molar refractivity (Wildman–Crippen MR) is 40.6 cm³/mol. The molecule has 0 nitrogen and oxygen atoms in total. The predicted octanol–water partition coefficient (Wildman–Crippen LogP) is -0.0843. The van der Waals surface area contributed by atoms with Crippen molar-refractivity contribution < 1.29 is 0 Å². The lowest BCUT2D eigenvalue weighted by Crippen LogP contribution is -2.07. The van der Waals surface area contributed by atoms with Crippen LogP contribution in [0.25, 0.3) is 0 Å². The summed E-state index contributed by atoms with van der Waals surface area (Å²) in [6.07, 6.45) is 0. The van der Waals surface area contributed by atoms with Gasteiger partial charge in [-0.25, -0.2) is 0 Å². The maximum absolute atomic E-state index is 3.57. The van der Waals surface area contributed by atoms with Crippen molar-refractivity contribution >= 4 is 32.1 Å². The monoisotopic (exact) mass is 150 g/mol. The van der Waals surface area contributed by atoms with Gasteiger partial charge in [0.2, 0.25) is 0 Å². The van der Waals surface area contributed by atoms with E-state index in [1.165, 1.54) is 16.3 Å². The maximum Gasteiger partial charge on any atom is 0.0329 e. The summed E-state index contributed by atoms with van der Waals surface area (Å²) in [7, 11) is 6.65. The normalized spacial score (nSPS) is 17.2. The lowest BCUT2D eigenvalue weighted by molar-refractivity contribution is 1.64. The molecule has 0 N–H and O–H groups in total. The smallest absolute Gasteiger partial charge is 0.0329 e. The highest BCUT2D eigenvalue weighted by Gasteiger charge is 2.19. The molecule has 0 aromatic heterocycles. The fourth-order valence-electron chi connectivity index (χ4n) is 0.781. The molecule has 0 saturated heterocycles. The van der Waals surface area contributed by atoms with Crippen LogP contribution < -0.4 is 0 Å². The molecule has 0 atom stereocenters. The van der Waals surface area contributed by atoms with E-state index < -0.39 is 7.44 Å². The number of rotatable bonds is 0. The minimum atomic E-state index is -0.484. The summed E-state index contributed by atoms with van der Waals surface area (Å²) in [4.78, 5) is 0. The maximum atomic E-state index is 3.57. The Morgan fingerprint density at radius 2 is 1.50 bits per heavy atom. The summed E-state index contributed by atoms with van der Waals surface area (Å²) in [5.74, 6) is 0. The first-order valence-electron chi connectivity index (χ1n) is 2.50. The summed E-state index contributed by atoms with van der Waals surface area (Å²) in [6, 6.07) is 0. The fourth-order valence-corrected chi connectivity index (χ4v) is 4.09. The molecule has 1 aliphatic carbocycles. The Morgan fingerprint density at radius 3 is 1.50 bits per heavy atom. The van der Waals surface area contributed by atoms with Crippen LogP contribution in [0.4, 0.5) is 0 Å². The molecule has 0 unspecified atom stereocenters. The van der Waals surface area contributed by atoms with Gasteiger partial charge in [0.25, 0.3) is 0 Å². The van der Waals surface area contributed by atoms with Crippen molar-refractivity contribution in [3.8, 4) is 0 Å². The Labute approximate surface area is 57.6 Å². The Balaban J connectivity index is 2.80. The van der Waals surface area contributed by atoms with E-state index in [0.717, 1.165) is 0 Å². The average Bonchev–Trinajstić information content (AvgIpc) is 2.15. The van der Waals surface area contributed by atoms with Gasteiger partial charge >= 0.3 is 0 Å². The Hall–Kier alpha value is 0.261. The van der Waals surface area contributed by atoms with Crippen LogP contribution >= 0.6 is 0 Å². The van der Waals surface area contributed by atoms with Gasteiger partial charge in [-0.2, -0.15) is 0 Å². The SMILES string of the molecule is CC1=C(C)C1=[Si]([Si])[Si]. The van der Waals surface area contributed by atoms with Crippen LogP contribution in [0.5, 0.6) is 0 Å².